The Bertz CT molecular complexity index is 177. The number of nitrogens with one attached hydrogen (secondary N) is 1. The van der Waals surface area contributed by atoms with Crippen LogP contribution in [-0.4, -0.2) is 17.5 Å². The predicted octanol–water partition coefficient (Wildman–Crippen LogP) is 0.985. The topological polar surface area (TPSA) is 38.0 Å². The second kappa shape index (κ2) is 5.47. The Morgan fingerprint density at radius 1 is 1.75 bits per heavy atom. The molecule has 0 spiro atoms. The zero-order valence-electron chi connectivity index (χ0n) is 7.47. The van der Waals surface area contributed by atoms with Crippen LogP contribution in [0.5, 0.6) is 0 Å². The molecule has 12 heavy (non-hydrogen) atoms. The summed E-state index contributed by atoms with van der Waals surface area (Å²) in [6, 6.07) is 0.396. The van der Waals surface area contributed by atoms with Gasteiger partial charge in [0.25, 0.3) is 0 Å². The molecule has 1 aliphatic heterocycles. The van der Waals surface area contributed by atoms with Crippen LogP contribution in [0.4, 0.5) is 0 Å². The van der Waals surface area contributed by atoms with Crippen LogP contribution in [0.15, 0.2) is 0 Å². The summed E-state index contributed by atoms with van der Waals surface area (Å²) in [6.45, 7) is 1.87. The van der Waals surface area contributed by atoms with Gasteiger partial charge in [0.2, 0.25) is 0 Å². The van der Waals surface area contributed by atoms with E-state index in [0.29, 0.717) is 6.04 Å². The van der Waals surface area contributed by atoms with Crippen LogP contribution in [0.2, 0.25) is 0 Å². The molecule has 2 atom stereocenters. The van der Waals surface area contributed by atoms with Crippen molar-refractivity contribution < 1.29 is 0 Å². The highest BCUT2D eigenvalue weighted by molar-refractivity contribution is 7.99. The number of rotatable bonds is 3. The third kappa shape index (κ3) is 2.71. The molecular weight excluding hydrogens is 168 g/mol. The molecule has 3 N–H and O–H groups in total. The molecule has 0 aromatic rings. The van der Waals surface area contributed by atoms with Gasteiger partial charge in [-0.1, -0.05) is 0 Å². The van der Waals surface area contributed by atoms with Gasteiger partial charge >= 0.3 is 0 Å². The van der Waals surface area contributed by atoms with Crippen molar-refractivity contribution in [2.24, 2.45) is 11.8 Å². The van der Waals surface area contributed by atoms with E-state index in [9.17, 15) is 0 Å². The van der Waals surface area contributed by atoms with E-state index in [0.717, 1.165) is 12.3 Å². The van der Waals surface area contributed by atoms with Crippen molar-refractivity contribution in [3.8, 4) is 11.8 Å². The number of hydrazine groups is 1. The highest BCUT2D eigenvalue weighted by Crippen LogP contribution is 2.26. The average Bonchev–Trinajstić information content (AvgIpc) is 2.59. The Morgan fingerprint density at radius 2 is 2.58 bits per heavy atom. The fraction of sp³-hybridized carbons (Fsp3) is 0.778. The van der Waals surface area contributed by atoms with Crippen LogP contribution in [-0.2, 0) is 0 Å². The lowest BCUT2D eigenvalue weighted by molar-refractivity contribution is 0.395. The Balaban J connectivity index is 2.35. The highest BCUT2D eigenvalue weighted by Gasteiger charge is 2.23. The van der Waals surface area contributed by atoms with Crippen molar-refractivity contribution in [1.29, 1.82) is 0 Å². The Morgan fingerprint density at radius 3 is 3.08 bits per heavy atom. The number of thioether (sulfide) groups is 1. The van der Waals surface area contributed by atoms with E-state index in [2.05, 4.69) is 17.3 Å². The van der Waals surface area contributed by atoms with Gasteiger partial charge in [0.15, 0.2) is 0 Å². The smallest absolute Gasteiger partial charge is 0.0356 e. The third-order valence-electron chi connectivity index (χ3n) is 2.25. The second-order valence-corrected chi connectivity index (χ2v) is 4.18. The van der Waals surface area contributed by atoms with Gasteiger partial charge in [0, 0.05) is 12.5 Å². The largest absolute Gasteiger partial charge is 0.271 e. The maximum atomic E-state index is 5.47. The van der Waals surface area contributed by atoms with Gasteiger partial charge in [0.05, 0.1) is 0 Å². The monoisotopic (exact) mass is 184 g/mol. The average molecular weight is 184 g/mol. The normalized spacial score (nSPS) is 24.7. The van der Waals surface area contributed by atoms with Crippen molar-refractivity contribution in [3.63, 3.8) is 0 Å². The first-order valence-electron chi connectivity index (χ1n) is 4.32. The van der Waals surface area contributed by atoms with Gasteiger partial charge in [0.1, 0.15) is 0 Å². The molecule has 0 bridgehead atoms. The van der Waals surface area contributed by atoms with E-state index in [4.69, 9.17) is 5.84 Å². The van der Waals surface area contributed by atoms with Gasteiger partial charge in [-0.3, -0.25) is 11.3 Å². The maximum absolute atomic E-state index is 5.47. The van der Waals surface area contributed by atoms with Gasteiger partial charge in [-0.05, 0) is 30.8 Å². The minimum absolute atomic E-state index is 0.396. The predicted molar refractivity (Wildman–Crippen MR) is 54.6 cm³/mol. The summed E-state index contributed by atoms with van der Waals surface area (Å²) in [4.78, 5) is 0. The molecule has 0 aromatic carbocycles. The molecule has 3 heteroatoms. The summed E-state index contributed by atoms with van der Waals surface area (Å²) in [5, 5.41) is 0. The zero-order valence-corrected chi connectivity index (χ0v) is 8.29. The van der Waals surface area contributed by atoms with Crippen molar-refractivity contribution >= 4 is 11.8 Å². The lowest BCUT2D eigenvalue weighted by atomic mass is 9.97. The first-order valence-corrected chi connectivity index (χ1v) is 5.47. The number of hydrogen-bond donors (Lipinski definition) is 2. The van der Waals surface area contributed by atoms with E-state index < -0.39 is 0 Å². The van der Waals surface area contributed by atoms with Crippen molar-refractivity contribution in [2.75, 3.05) is 11.5 Å². The first kappa shape index (κ1) is 9.91. The standard InChI is InChI=1S/C9H16N2S/c1-2-3-4-9(11-10)8-5-6-12-7-8/h8-9,11H,4-7,10H2,1H3. The van der Waals surface area contributed by atoms with E-state index in [1.807, 2.05) is 18.7 Å². The summed E-state index contributed by atoms with van der Waals surface area (Å²) >= 11 is 2.02. The molecule has 0 amide bonds. The zero-order chi connectivity index (χ0) is 8.81. The van der Waals surface area contributed by atoms with Crippen LogP contribution in [0, 0.1) is 17.8 Å². The van der Waals surface area contributed by atoms with Crippen LogP contribution >= 0.6 is 11.8 Å². The molecule has 2 unspecified atom stereocenters. The summed E-state index contributed by atoms with van der Waals surface area (Å²) in [5.41, 5.74) is 2.86. The molecule has 0 aliphatic carbocycles. The van der Waals surface area contributed by atoms with Crippen LogP contribution in [0.25, 0.3) is 0 Å². The SMILES string of the molecule is CC#CCC(NN)C1CCSC1. The lowest BCUT2D eigenvalue weighted by Gasteiger charge is -2.19. The van der Waals surface area contributed by atoms with Crippen LogP contribution in [0.3, 0.4) is 0 Å². The minimum atomic E-state index is 0.396. The molecule has 1 heterocycles. The molecule has 1 rings (SSSR count). The third-order valence-corrected chi connectivity index (χ3v) is 3.44. The van der Waals surface area contributed by atoms with Gasteiger partial charge in [-0.25, -0.2) is 0 Å². The van der Waals surface area contributed by atoms with Crippen molar-refractivity contribution in [2.45, 2.75) is 25.8 Å². The molecule has 1 saturated heterocycles. The molecule has 1 aliphatic rings. The quantitative estimate of drug-likeness (QED) is 0.390. The van der Waals surface area contributed by atoms with Crippen LogP contribution < -0.4 is 11.3 Å². The molecule has 0 aromatic heterocycles. The van der Waals surface area contributed by atoms with E-state index in [1.165, 1.54) is 17.9 Å². The molecule has 2 nitrogen and oxygen atoms in total. The fourth-order valence-electron chi connectivity index (χ4n) is 1.44. The molecule has 0 radical (unpaired) electrons. The first-order chi connectivity index (χ1) is 5.88. The molecule has 68 valence electrons. The summed E-state index contributed by atoms with van der Waals surface area (Å²) in [7, 11) is 0. The van der Waals surface area contributed by atoms with E-state index in [1.54, 1.807) is 0 Å². The number of nitrogens with two attached hydrogens (primary N) is 1. The summed E-state index contributed by atoms with van der Waals surface area (Å²) in [5.74, 6) is 14.7. The van der Waals surface area contributed by atoms with Crippen molar-refractivity contribution in [1.82, 2.24) is 5.43 Å². The van der Waals surface area contributed by atoms with Crippen molar-refractivity contribution in [3.05, 3.63) is 0 Å². The van der Waals surface area contributed by atoms with E-state index >= 15 is 0 Å². The van der Waals surface area contributed by atoms with Gasteiger partial charge < -0.3 is 0 Å². The maximum Gasteiger partial charge on any atom is 0.0356 e. The fourth-order valence-corrected chi connectivity index (χ4v) is 2.78. The molecule has 0 saturated carbocycles. The minimum Gasteiger partial charge on any atom is -0.271 e. The molecular formula is C9H16N2S. The summed E-state index contributed by atoms with van der Waals surface area (Å²) in [6.07, 6.45) is 2.17. The highest BCUT2D eigenvalue weighted by atomic mass is 32.2. The second-order valence-electron chi connectivity index (χ2n) is 3.03. The molecule has 1 fully saturated rings. The van der Waals surface area contributed by atoms with Gasteiger partial charge in [-0.15, -0.1) is 11.8 Å². The number of hydrogen-bond acceptors (Lipinski definition) is 3. The van der Waals surface area contributed by atoms with Crippen LogP contribution in [0.1, 0.15) is 19.8 Å². The Kier molecular flexibility index (Phi) is 4.52. The Labute approximate surface area is 78.6 Å². The summed E-state index contributed by atoms with van der Waals surface area (Å²) < 4.78 is 0. The van der Waals surface area contributed by atoms with Gasteiger partial charge in [-0.2, -0.15) is 11.8 Å². The van der Waals surface area contributed by atoms with E-state index in [-0.39, 0.29) is 0 Å². The Hall–Kier alpha value is -0.170. The lowest BCUT2D eigenvalue weighted by Crippen LogP contribution is -2.40.